The van der Waals surface area contributed by atoms with Crippen molar-refractivity contribution in [2.75, 3.05) is 0 Å². The third-order valence-corrected chi connectivity index (χ3v) is 3.27. The molecule has 0 saturated carbocycles. The molecule has 0 amide bonds. The third kappa shape index (κ3) is 1.62. The number of aromatic nitrogens is 2. The van der Waals surface area contributed by atoms with E-state index in [1.165, 1.54) is 22.0 Å². The molecule has 0 fully saturated rings. The summed E-state index contributed by atoms with van der Waals surface area (Å²) in [5.41, 5.74) is 5.90. The summed E-state index contributed by atoms with van der Waals surface area (Å²) in [5, 5.41) is 1.24. The molecule has 2 nitrogen and oxygen atoms in total. The van der Waals surface area contributed by atoms with Crippen LogP contribution in [0, 0.1) is 13.8 Å². The van der Waals surface area contributed by atoms with Crippen molar-refractivity contribution in [3.63, 3.8) is 0 Å². The largest absolute Gasteiger partial charge is 0.353 e. The molecule has 0 spiro atoms. The number of aromatic amines is 1. The molecule has 0 aliphatic rings. The van der Waals surface area contributed by atoms with Gasteiger partial charge in [0.2, 0.25) is 0 Å². The number of hydrogen-bond donors (Lipinski definition) is 1. The highest BCUT2D eigenvalue weighted by Crippen LogP contribution is 2.26. The molecule has 3 rings (SSSR count). The van der Waals surface area contributed by atoms with Gasteiger partial charge in [-0.25, -0.2) is 0 Å². The molecule has 17 heavy (non-hydrogen) atoms. The van der Waals surface area contributed by atoms with E-state index in [-0.39, 0.29) is 0 Å². The normalized spacial score (nSPS) is 10.9. The maximum absolute atomic E-state index is 4.37. The molecule has 1 N–H and O–H groups in total. The summed E-state index contributed by atoms with van der Waals surface area (Å²) in [7, 11) is 0. The number of nitrogens with zero attached hydrogens (tertiary/aromatic N) is 1. The lowest BCUT2D eigenvalue weighted by atomic mass is 10.1. The molecule has 0 radical (unpaired) electrons. The minimum atomic E-state index is 0.987. The number of pyridine rings is 1. The Morgan fingerprint density at radius 3 is 2.71 bits per heavy atom. The number of fused-ring (bicyclic) bond motifs is 1. The molecule has 84 valence electrons. The second kappa shape index (κ2) is 3.74. The molecule has 0 atom stereocenters. The van der Waals surface area contributed by atoms with E-state index in [1.54, 1.807) is 0 Å². The Labute approximate surface area is 100 Å². The highest BCUT2D eigenvalue weighted by atomic mass is 14.8. The maximum Gasteiger partial charge on any atom is 0.0864 e. The van der Waals surface area contributed by atoms with Crippen molar-refractivity contribution in [2.24, 2.45) is 0 Å². The van der Waals surface area contributed by atoms with Crippen LogP contribution in [0.3, 0.4) is 0 Å². The molecule has 0 unspecified atom stereocenters. The van der Waals surface area contributed by atoms with E-state index in [1.807, 2.05) is 24.4 Å². The summed E-state index contributed by atoms with van der Waals surface area (Å²) in [6, 6.07) is 12.4. The Morgan fingerprint density at radius 2 is 1.94 bits per heavy atom. The van der Waals surface area contributed by atoms with Crippen LogP contribution in [0.2, 0.25) is 0 Å². The molecule has 2 heteroatoms. The monoisotopic (exact) mass is 222 g/mol. The smallest absolute Gasteiger partial charge is 0.0864 e. The van der Waals surface area contributed by atoms with Crippen LogP contribution in [0.1, 0.15) is 11.1 Å². The SMILES string of the molecule is Cc1ccc2cc(-c3ccccn3)[nH]c2c1C. The molecule has 3 aromatic rings. The molecule has 0 aliphatic carbocycles. The number of rotatable bonds is 1. The van der Waals surface area contributed by atoms with Gasteiger partial charge in [-0.2, -0.15) is 0 Å². The second-order valence-corrected chi connectivity index (χ2v) is 4.37. The van der Waals surface area contributed by atoms with Crippen molar-refractivity contribution in [3.05, 3.63) is 53.7 Å². The lowest BCUT2D eigenvalue weighted by Gasteiger charge is -2.00. The average molecular weight is 222 g/mol. The summed E-state index contributed by atoms with van der Waals surface area (Å²) in [4.78, 5) is 7.82. The van der Waals surface area contributed by atoms with Gasteiger partial charge in [0.05, 0.1) is 11.4 Å². The Morgan fingerprint density at radius 1 is 1.06 bits per heavy atom. The van der Waals surface area contributed by atoms with Crippen LogP contribution in [0.15, 0.2) is 42.6 Å². The average Bonchev–Trinajstić information content (AvgIpc) is 2.80. The zero-order valence-corrected chi connectivity index (χ0v) is 9.99. The summed E-state index contributed by atoms with van der Waals surface area (Å²) in [6.45, 7) is 4.28. The molecular weight excluding hydrogens is 208 g/mol. The first-order valence-electron chi connectivity index (χ1n) is 5.76. The van der Waals surface area contributed by atoms with Gasteiger partial charge >= 0.3 is 0 Å². The van der Waals surface area contributed by atoms with E-state index in [2.05, 4.69) is 42.0 Å². The van der Waals surface area contributed by atoms with E-state index >= 15 is 0 Å². The Balaban J connectivity index is 2.24. The number of hydrogen-bond acceptors (Lipinski definition) is 1. The van der Waals surface area contributed by atoms with Gasteiger partial charge in [-0.3, -0.25) is 4.98 Å². The summed E-state index contributed by atoms with van der Waals surface area (Å²) in [5.74, 6) is 0. The van der Waals surface area contributed by atoms with Gasteiger partial charge in [-0.05, 0) is 43.2 Å². The molecule has 2 aromatic heterocycles. The molecule has 2 heterocycles. The fraction of sp³-hybridized carbons (Fsp3) is 0.133. The number of H-pyrrole nitrogens is 1. The number of nitrogens with one attached hydrogen (secondary N) is 1. The fourth-order valence-corrected chi connectivity index (χ4v) is 2.11. The molecule has 1 aromatic carbocycles. The van der Waals surface area contributed by atoms with Gasteiger partial charge in [-0.15, -0.1) is 0 Å². The van der Waals surface area contributed by atoms with Gasteiger partial charge in [0.15, 0.2) is 0 Å². The van der Waals surface area contributed by atoms with Crippen molar-refractivity contribution in [1.82, 2.24) is 9.97 Å². The Hall–Kier alpha value is -2.09. The molecule has 0 bridgehead atoms. The van der Waals surface area contributed by atoms with Crippen LogP contribution in [0.25, 0.3) is 22.3 Å². The Kier molecular flexibility index (Phi) is 2.22. The van der Waals surface area contributed by atoms with Crippen molar-refractivity contribution >= 4 is 10.9 Å². The third-order valence-electron chi connectivity index (χ3n) is 3.27. The first kappa shape index (κ1) is 10.1. The van der Waals surface area contributed by atoms with E-state index in [0.29, 0.717) is 0 Å². The first-order valence-corrected chi connectivity index (χ1v) is 5.76. The molecule has 0 saturated heterocycles. The second-order valence-electron chi connectivity index (χ2n) is 4.37. The highest BCUT2D eigenvalue weighted by molar-refractivity contribution is 5.88. The lowest BCUT2D eigenvalue weighted by Crippen LogP contribution is -1.83. The van der Waals surface area contributed by atoms with Crippen molar-refractivity contribution in [3.8, 4) is 11.4 Å². The minimum Gasteiger partial charge on any atom is -0.353 e. The molecular formula is C15H14N2. The van der Waals surface area contributed by atoms with Crippen LogP contribution in [-0.4, -0.2) is 9.97 Å². The van der Waals surface area contributed by atoms with E-state index in [9.17, 15) is 0 Å². The van der Waals surface area contributed by atoms with Gasteiger partial charge in [0, 0.05) is 17.1 Å². The van der Waals surface area contributed by atoms with E-state index in [4.69, 9.17) is 0 Å². The van der Waals surface area contributed by atoms with Crippen LogP contribution >= 0.6 is 0 Å². The number of aryl methyl sites for hydroxylation is 2. The molecule has 0 aliphatic heterocycles. The quantitative estimate of drug-likeness (QED) is 0.665. The maximum atomic E-state index is 4.37. The van der Waals surface area contributed by atoms with E-state index < -0.39 is 0 Å². The topological polar surface area (TPSA) is 28.7 Å². The first-order chi connectivity index (χ1) is 8.25. The minimum absolute atomic E-state index is 0.987. The zero-order valence-electron chi connectivity index (χ0n) is 9.99. The lowest BCUT2D eigenvalue weighted by molar-refractivity contribution is 1.28. The van der Waals surface area contributed by atoms with Gasteiger partial charge in [0.1, 0.15) is 0 Å². The van der Waals surface area contributed by atoms with Crippen molar-refractivity contribution < 1.29 is 0 Å². The fourth-order valence-electron chi connectivity index (χ4n) is 2.11. The zero-order chi connectivity index (χ0) is 11.8. The van der Waals surface area contributed by atoms with Crippen LogP contribution < -0.4 is 0 Å². The Bertz CT molecular complexity index is 666. The van der Waals surface area contributed by atoms with Crippen LogP contribution in [-0.2, 0) is 0 Å². The van der Waals surface area contributed by atoms with Crippen LogP contribution in [0.4, 0.5) is 0 Å². The van der Waals surface area contributed by atoms with Crippen molar-refractivity contribution in [2.45, 2.75) is 13.8 Å². The predicted molar refractivity (Wildman–Crippen MR) is 71.0 cm³/mol. The summed E-state index contributed by atoms with van der Waals surface area (Å²) < 4.78 is 0. The summed E-state index contributed by atoms with van der Waals surface area (Å²) in [6.07, 6.45) is 1.82. The van der Waals surface area contributed by atoms with Crippen LogP contribution in [0.5, 0.6) is 0 Å². The summed E-state index contributed by atoms with van der Waals surface area (Å²) >= 11 is 0. The van der Waals surface area contributed by atoms with Gasteiger partial charge in [-0.1, -0.05) is 18.2 Å². The van der Waals surface area contributed by atoms with Gasteiger partial charge < -0.3 is 4.98 Å². The highest BCUT2D eigenvalue weighted by Gasteiger charge is 2.06. The predicted octanol–water partition coefficient (Wildman–Crippen LogP) is 3.85. The number of benzene rings is 1. The van der Waals surface area contributed by atoms with Crippen molar-refractivity contribution in [1.29, 1.82) is 0 Å². The standard InChI is InChI=1S/C15H14N2/c1-10-6-7-12-9-14(17-15(12)11(10)2)13-5-3-4-8-16-13/h3-9,17H,1-2H3. The van der Waals surface area contributed by atoms with Gasteiger partial charge in [0.25, 0.3) is 0 Å². The van der Waals surface area contributed by atoms with E-state index in [0.717, 1.165) is 11.4 Å².